The zero-order valence-corrected chi connectivity index (χ0v) is 24.2. The molecule has 0 radical (unpaired) electrons. The second kappa shape index (κ2) is 12.6. The molecular formula is C32H41N3O4S. The molecule has 3 N–H and O–H groups in total. The molecule has 0 unspecified atom stereocenters. The molecular weight excluding hydrogens is 522 g/mol. The Morgan fingerprint density at radius 1 is 0.900 bits per heavy atom. The number of ether oxygens (including phenoxy) is 1. The van der Waals surface area contributed by atoms with Gasteiger partial charge in [0.05, 0.1) is 16.9 Å². The van der Waals surface area contributed by atoms with E-state index in [1.54, 1.807) is 42.5 Å². The molecule has 1 amide bonds. The van der Waals surface area contributed by atoms with Crippen LogP contribution in [0.25, 0.3) is 0 Å². The Kier molecular flexibility index (Phi) is 8.96. The van der Waals surface area contributed by atoms with Crippen LogP contribution in [-0.4, -0.2) is 32.0 Å². The van der Waals surface area contributed by atoms with Crippen LogP contribution in [0.4, 0.5) is 0 Å². The number of sulfone groups is 1. The van der Waals surface area contributed by atoms with Gasteiger partial charge in [0.2, 0.25) is 9.84 Å². The zero-order chi connectivity index (χ0) is 28.0. The van der Waals surface area contributed by atoms with E-state index < -0.39 is 9.84 Å². The minimum Gasteiger partial charge on any atom is -0.497 e. The van der Waals surface area contributed by atoms with Crippen molar-refractivity contribution in [2.24, 2.45) is 0 Å². The number of nitrogens with one attached hydrogen (secondary N) is 3. The minimum absolute atomic E-state index is 0.128. The second-order valence-electron chi connectivity index (χ2n) is 11.3. The molecule has 1 aliphatic heterocycles. The number of aromatic nitrogens is 1. The Morgan fingerprint density at radius 2 is 1.57 bits per heavy atom. The monoisotopic (exact) mass is 563 g/mol. The van der Waals surface area contributed by atoms with Gasteiger partial charge in [-0.1, -0.05) is 69.6 Å². The lowest BCUT2D eigenvalue weighted by molar-refractivity contribution is 0.0946. The average Bonchev–Trinajstić information content (AvgIpc) is 3.38. The van der Waals surface area contributed by atoms with Crippen LogP contribution in [0.3, 0.4) is 0 Å². The third kappa shape index (κ3) is 6.61. The number of amides is 1. The number of fused-ring (bicyclic) bond motifs is 1. The molecule has 1 saturated carbocycles. The SMILES string of the molecule is COc1cccc(S(=O)(=O)c2ccc(CNC(=O)c3cc4c([nH]3)CC3(CCCCCCCCCC3)NC4)cc2)c1. The van der Waals surface area contributed by atoms with Crippen LogP contribution in [-0.2, 0) is 29.3 Å². The highest BCUT2D eigenvalue weighted by molar-refractivity contribution is 7.91. The molecule has 0 saturated heterocycles. The van der Waals surface area contributed by atoms with Crippen LogP contribution in [0.5, 0.6) is 5.75 Å². The molecule has 7 nitrogen and oxygen atoms in total. The molecule has 0 bridgehead atoms. The van der Waals surface area contributed by atoms with Gasteiger partial charge >= 0.3 is 0 Å². The summed E-state index contributed by atoms with van der Waals surface area (Å²) < 4.78 is 31.2. The number of H-pyrrole nitrogens is 1. The third-order valence-electron chi connectivity index (χ3n) is 8.50. The number of rotatable bonds is 6. The van der Waals surface area contributed by atoms with E-state index in [-0.39, 0.29) is 21.2 Å². The fourth-order valence-corrected chi connectivity index (χ4v) is 7.39. The van der Waals surface area contributed by atoms with Crippen LogP contribution < -0.4 is 15.4 Å². The lowest BCUT2D eigenvalue weighted by Crippen LogP contribution is -2.49. The standard InChI is InChI=1S/C32H41N3O4S/c1-39-26-11-10-12-28(20-26)40(37,38)27-15-13-24(14-16-27)22-33-31(36)29-19-25-23-34-32(21-30(25)35-29)17-8-6-4-2-3-5-7-9-18-32/h10-16,19-20,34-35H,2-9,17-18,21-23H2,1H3,(H,33,36). The van der Waals surface area contributed by atoms with Gasteiger partial charge in [-0.05, 0) is 60.4 Å². The second-order valence-corrected chi connectivity index (χ2v) is 13.3. The number of hydrogen-bond donors (Lipinski definition) is 3. The van der Waals surface area contributed by atoms with Gasteiger partial charge in [0.15, 0.2) is 0 Å². The lowest BCUT2D eigenvalue weighted by Gasteiger charge is -2.39. The molecule has 214 valence electrons. The van der Waals surface area contributed by atoms with Crippen molar-refractivity contribution in [3.05, 3.63) is 77.1 Å². The summed E-state index contributed by atoms with van der Waals surface area (Å²) in [4.78, 5) is 16.8. The van der Waals surface area contributed by atoms with Crippen molar-refractivity contribution >= 4 is 15.7 Å². The Balaban J connectivity index is 1.20. The molecule has 40 heavy (non-hydrogen) atoms. The molecule has 5 rings (SSSR count). The van der Waals surface area contributed by atoms with E-state index >= 15 is 0 Å². The van der Waals surface area contributed by atoms with E-state index in [4.69, 9.17) is 4.74 Å². The number of aromatic amines is 1. The van der Waals surface area contributed by atoms with Crippen LogP contribution in [0.1, 0.15) is 91.5 Å². The van der Waals surface area contributed by atoms with Crippen LogP contribution >= 0.6 is 0 Å². The zero-order valence-electron chi connectivity index (χ0n) is 23.4. The number of benzene rings is 2. The minimum atomic E-state index is -3.66. The molecule has 1 spiro atoms. The lowest BCUT2D eigenvalue weighted by atomic mass is 9.80. The maximum Gasteiger partial charge on any atom is 0.267 e. The van der Waals surface area contributed by atoms with Gasteiger partial charge in [0.25, 0.3) is 5.91 Å². The van der Waals surface area contributed by atoms with Crippen molar-refractivity contribution in [2.45, 2.75) is 99.0 Å². The largest absolute Gasteiger partial charge is 0.497 e. The van der Waals surface area contributed by atoms with Crippen molar-refractivity contribution in [1.82, 2.24) is 15.6 Å². The topological polar surface area (TPSA) is 100 Å². The van der Waals surface area contributed by atoms with E-state index in [9.17, 15) is 13.2 Å². The predicted octanol–water partition coefficient (Wildman–Crippen LogP) is 6.09. The van der Waals surface area contributed by atoms with E-state index in [1.807, 2.05) is 6.07 Å². The molecule has 1 aliphatic carbocycles. The number of carbonyl (C=O) groups is 1. The van der Waals surface area contributed by atoms with Gasteiger partial charge in [0, 0.05) is 30.7 Å². The summed E-state index contributed by atoms with van der Waals surface area (Å²) in [6.07, 6.45) is 13.9. The third-order valence-corrected chi connectivity index (χ3v) is 10.3. The maximum absolute atomic E-state index is 13.0. The number of hydrogen-bond acceptors (Lipinski definition) is 5. The number of methoxy groups -OCH3 is 1. The Bertz CT molecular complexity index is 1400. The molecule has 2 aliphatic rings. The van der Waals surface area contributed by atoms with Crippen molar-refractivity contribution in [1.29, 1.82) is 0 Å². The maximum atomic E-state index is 13.0. The summed E-state index contributed by atoms with van der Waals surface area (Å²) in [5.41, 5.74) is 3.90. The fraction of sp³-hybridized carbons (Fsp3) is 0.469. The Labute approximate surface area is 238 Å². The smallest absolute Gasteiger partial charge is 0.267 e. The Hall–Kier alpha value is -3.10. The number of carbonyl (C=O) groups excluding carboxylic acids is 1. The van der Waals surface area contributed by atoms with Gasteiger partial charge in [-0.3, -0.25) is 4.79 Å². The quantitative estimate of drug-likeness (QED) is 0.337. The molecule has 1 fully saturated rings. The summed E-state index contributed by atoms with van der Waals surface area (Å²) in [7, 11) is -2.16. The van der Waals surface area contributed by atoms with Gasteiger partial charge in [-0.25, -0.2) is 8.42 Å². The molecule has 2 heterocycles. The highest BCUT2D eigenvalue weighted by Crippen LogP contribution is 2.33. The molecule has 8 heteroatoms. The molecule has 0 atom stereocenters. The molecule has 3 aromatic rings. The first kappa shape index (κ1) is 28.4. The van der Waals surface area contributed by atoms with E-state index in [1.165, 1.54) is 88.6 Å². The van der Waals surface area contributed by atoms with Crippen molar-refractivity contribution in [3.63, 3.8) is 0 Å². The highest BCUT2D eigenvalue weighted by Gasteiger charge is 2.34. The molecule has 1 aromatic heterocycles. The first-order valence-corrected chi connectivity index (χ1v) is 16.1. The van der Waals surface area contributed by atoms with Gasteiger partial charge in [0.1, 0.15) is 11.4 Å². The highest BCUT2D eigenvalue weighted by atomic mass is 32.2. The molecule has 2 aromatic carbocycles. The normalized spacial score (nSPS) is 17.9. The van der Waals surface area contributed by atoms with Gasteiger partial charge in [-0.2, -0.15) is 0 Å². The average molecular weight is 564 g/mol. The Morgan fingerprint density at radius 3 is 2.25 bits per heavy atom. The van der Waals surface area contributed by atoms with Crippen molar-refractivity contribution in [3.8, 4) is 5.75 Å². The van der Waals surface area contributed by atoms with Crippen LogP contribution in [0.2, 0.25) is 0 Å². The summed E-state index contributed by atoms with van der Waals surface area (Å²) in [5.74, 6) is 0.335. The van der Waals surface area contributed by atoms with E-state index in [2.05, 4.69) is 15.6 Å². The summed E-state index contributed by atoms with van der Waals surface area (Å²) in [6.45, 7) is 1.10. The van der Waals surface area contributed by atoms with E-state index in [0.29, 0.717) is 18.0 Å². The fourth-order valence-electron chi connectivity index (χ4n) is 6.10. The van der Waals surface area contributed by atoms with Crippen LogP contribution in [0.15, 0.2) is 64.4 Å². The van der Waals surface area contributed by atoms with E-state index in [0.717, 1.165) is 18.5 Å². The van der Waals surface area contributed by atoms with Crippen LogP contribution in [0, 0.1) is 0 Å². The van der Waals surface area contributed by atoms with Gasteiger partial charge < -0.3 is 20.4 Å². The predicted molar refractivity (Wildman–Crippen MR) is 156 cm³/mol. The van der Waals surface area contributed by atoms with Crippen molar-refractivity contribution in [2.75, 3.05) is 7.11 Å². The van der Waals surface area contributed by atoms with Crippen molar-refractivity contribution < 1.29 is 17.9 Å². The first-order chi connectivity index (χ1) is 19.4. The van der Waals surface area contributed by atoms with Gasteiger partial charge in [-0.15, -0.1) is 0 Å². The summed E-state index contributed by atoms with van der Waals surface area (Å²) in [5, 5.41) is 6.85. The summed E-state index contributed by atoms with van der Waals surface area (Å²) >= 11 is 0. The summed E-state index contributed by atoms with van der Waals surface area (Å²) in [6, 6.07) is 15.0. The first-order valence-electron chi connectivity index (χ1n) is 14.6.